The standard InChI is InChI=1S/C11H10ClF2NO2/c1-5-3-6(2)15-8(12)7(5)10(9(16)17)4-11(10,13)14/h3H,4H2,1-2H3,(H,16,17). The Morgan fingerprint density at radius 2 is 2.06 bits per heavy atom. The molecule has 1 fully saturated rings. The first-order valence-electron chi connectivity index (χ1n) is 4.98. The number of nitrogens with zero attached hydrogens (tertiary/aromatic N) is 1. The van der Waals surface area contributed by atoms with Crippen LogP contribution in [0, 0.1) is 13.8 Å². The lowest BCUT2D eigenvalue weighted by atomic mass is 9.92. The van der Waals surface area contributed by atoms with Crippen molar-refractivity contribution >= 4 is 17.6 Å². The molecule has 1 aliphatic carbocycles. The fourth-order valence-corrected chi connectivity index (χ4v) is 2.65. The Morgan fingerprint density at radius 3 is 2.41 bits per heavy atom. The molecule has 0 aromatic carbocycles. The van der Waals surface area contributed by atoms with Gasteiger partial charge in [0.25, 0.3) is 5.92 Å². The van der Waals surface area contributed by atoms with Crippen LogP contribution in [0.1, 0.15) is 23.2 Å². The normalized spacial score (nSPS) is 25.7. The molecule has 0 bridgehead atoms. The Morgan fingerprint density at radius 1 is 1.53 bits per heavy atom. The summed E-state index contributed by atoms with van der Waals surface area (Å²) in [6.45, 7) is 3.23. The molecule has 1 aromatic rings. The second-order valence-corrected chi connectivity index (χ2v) is 4.70. The molecule has 0 spiro atoms. The van der Waals surface area contributed by atoms with Gasteiger partial charge in [0, 0.05) is 17.7 Å². The fraction of sp³-hybridized carbons (Fsp3) is 0.455. The van der Waals surface area contributed by atoms with E-state index in [-0.39, 0.29) is 10.7 Å². The minimum atomic E-state index is -3.26. The second-order valence-electron chi connectivity index (χ2n) is 4.34. The smallest absolute Gasteiger partial charge is 0.320 e. The first-order chi connectivity index (χ1) is 7.72. The number of carbonyl (C=O) groups is 1. The number of hydrogen-bond acceptors (Lipinski definition) is 2. The van der Waals surface area contributed by atoms with E-state index < -0.39 is 23.7 Å². The van der Waals surface area contributed by atoms with E-state index >= 15 is 0 Å². The summed E-state index contributed by atoms with van der Waals surface area (Å²) in [4.78, 5) is 15.0. The van der Waals surface area contributed by atoms with Crippen LogP contribution in [0.3, 0.4) is 0 Å². The Balaban J connectivity index is 2.66. The summed E-state index contributed by atoms with van der Waals surface area (Å²) in [6.07, 6.45) is -0.722. The number of aliphatic carboxylic acids is 1. The molecule has 1 heterocycles. The number of rotatable bonds is 2. The van der Waals surface area contributed by atoms with E-state index in [9.17, 15) is 13.6 Å². The predicted molar refractivity (Wildman–Crippen MR) is 57.6 cm³/mol. The molecule has 0 radical (unpaired) electrons. The fourth-order valence-electron chi connectivity index (χ4n) is 2.20. The molecular weight excluding hydrogens is 252 g/mol. The number of carboxylic acids is 1. The van der Waals surface area contributed by atoms with E-state index in [0.29, 0.717) is 11.3 Å². The van der Waals surface area contributed by atoms with Crippen molar-refractivity contribution in [3.8, 4) is 0 Å². The van der Waals surface area contributed by atoms with Gasteiger partial charge in [-0.05, 0) is 25.5 Å². The minimum absolute atomic E-state index is 0.0673. The van der Waals surface area contributed by atoms with Gasteiger partial charge in [-0.15, -0.1) is 0 Å². The maximum Gasteiger partial charge on any atom is 0.320 e. The van der Waals surface area contributed by atoms with Gasteiger partial charge in [-0.2, -0.15) is 0 Å². The third kappa shape index (κ3) is 1.52. The Labute approximate surface area is 101 Å². The highest BCUT2D eigenvalue weighted by atomic mass is 35.5. The molecule has 1 aromatic heterocycles. The highest BCUT2D eigenvalue weighted by Crippen LogP contribution is 2.63. The lowest BCUT2D eigenvalue weighted by molar-refractivity contribution is -0.143. The van der Waals surface area contributed by atoms with Gasteiger partial charge in [0.1, 0.15) is 5.15 Å². The third-order valence-electron chi connectivity index (χ3n) is 3.08. The van der Waals surface area contributed by atoms with Gasteiger partial charge in [0.15, 0.2) is 5.41 Å². The van der Waals surface area contributed by atoms with Gasteiger partial charge in [0.2, 0.25) is 0 Å². The molecule has 6 heteroatoms. The van der Waals surface area contributed by atoms with Crippen molar-refractivity contribution in [1.82, 2.24) is 4.98 Å². The summed E-state index contributed by atoms with van der Waals surface area (Å²) in [5.41, 5.74) is -1.26. The van der Waals surface area contributed by atoms with Crippen molar-refractivity contribution in [2.45, 2.75) is 31.6 Å². The first-order valence-corrected chi connectivity index (χ1v) is 5.35. The topological polar surface area (TPSA) is 50.2 Å². The van der Waals surface area contributed by atoms with Crippen molar-refractivity contribution < 1.29 is 18.7 Å². The number of carboxylic acid groups (broad SMARTS) is 1. The minimum Gasteiger partial charge on any atom is -0.480 e. The van der Waals surface area contributed by atoms with Crippen LogP contribution in [-0.2, 0) is 10.2 Å². The molecule has 1 saturated carbocycles. The monoisotopic (exact) mass is 261 g/mol. The third-order valence-corrected chi connectivity index (χ3v) is 3.35. The summed E-state index contributed by atoms with van der Waals surface area (Å²) in [5, 5.41) is 8.89. The summed E-state index contributed by atoms with van der Waals surface area (Å²) < 4.78 is 26.8. The Hall–Kier alpha value is -1.23. The van der Waals surface area contributed by atoms with Gasteiger partial charge in [-0.1, -0.05) is 11.6 Å². The molecule has 1 unspecified atom stereocenters. The number of halogens is 3. The van der Waals surface area contributed by atoms with E-state index in [0.717, 1.165) is 0 Å². The van der Waals surface area contributed by atoms with Gasteiger partial charge in [-0.3, -0.25) is 4.79 Å². The molecule has 3 nitrogen and oxygen atoms in total. The van der Waals surface area contributed by atoms with Crippen LogP contribution in [0.2, 0.25) is 5.15 Å². The number of pyridine rings is 1. The van der Waals surface area contributed by atoms with Gasteiger partial charge >= 0.3 is 5.97 Å². The highest BCUT2D eigenvalue weighted by Gasteiger charge is 2.78. The van der Waals surface area contributed by atoms with E-state index in [4.69, 9.17) is 16.7 Å². The highest BCUT2D eigenvalue weighted by molar-refractivity contribution is 6.30. The van der Waals surface area contributed by atoms with Crippen molar-refractivity contribution in [3.05, 3.63) is 28.0 Å². The van der Waals surface area contributed by atoms with Crippen molar-refractivity contribution in [2.24, 2.45) is 0 Å². The van der Waals surface area contributed by atoms with E-state index in [1.165, 1.54) is 0 Å². The molecule has 0 aliphatic heterocycles. The molecule has 1 atom stereocenters. The predicted octanol–water partition coefficient (Wildman–Crippen LogP) is 2.71. The summed E-state index contributed by atoms with van der Waals surface area (Å²) >= 11 is 5.82. The van der Waals surface area contributed by atoms with Gasteiger partial charge in [-0.25, -0.2) is 13.8 Å². The molecule has 2 rings (SSSR count). The Bertz CT molecular complexity index is 495. The molecule has 0 saturated heterocycles. The van der Waals surface area contributed by atoms with Crippen molar-refractivity contribution in [3.63, 3.8) is 0 Å². The first kappa shape index (κ1) is 12.2. The lowest BCUT2D eigenvalue weighted by Gasteiger charge is -2.16. The number of aromatic nitrogens is 1. The number of hydrogen-bond donors (Lipinski definition) is 1. The summed E-state index contributed by atoms with van der Waals surface area (Å²) in [6, 6.07) is 1.56. The molecular formula is C11H10ClF2NO2. The average Bonchev–Trinajstić information content (AvgIpc) is 2.68. The maximum atomic E-state index is 13.4. The van der Waals surface area contributed by atoms with E-state index in [2.05, 4.69) is 4.98 Å². The van der Waals surface area contributed by atoms with Crippen LogP contribution in [0.15, 0.2) is 6.07 Å². The van der Waals surface area contributed by atoms with Crippen LogP contribution in [0.25, 0.3) is 0 Å². The molecule has 0 amide bonds. The molecule has 17 heavy (non-hydrogen) atoms. The summed E-state index contributed by atoms with van der Waals surface area (Å²) in [7, 11) is 0. The van der Waals surface area contributed by atoms with Crippen molar-refractivity contribution in [2.75, 3.05) is 0 Å². The van der Waals surface area contributed by atoms with Crippen LogP contribution in [-0.4, -0.2) is 22.0 Å². The summed E-state index contributed by atoms with van der Waals surface area (Å²) in [5.74, 6) is -4.82. The zero-order valence-electron chi connectivity index (χ0n) is 9.22. The molecule has 1 aliphatic rings. The zero-order valence-corrected chi connectivity index (χ0v) is 9.98. The average molecular weight is 262 g/mol. The quantitative estimate of drug-likeness (QED) is 0.833. The second kappa shape index (κ2) is 3.38. The lowest BCUT2D eigenvalue weighted by Crippen LogP contribution is -2.28. The van der Waals surface area contributed by atoms with Crippen LogP contribution >= 0.6 is 11.6 Å². The number of alkyl halides is 2. The Kier molecular flexibility index (Phi) is 2.43. The van der Waals surface area contributed by atoms with Crippen LogP contribution < -0.4 is 0 Å². The van der Waals surface area contributed by atoms with Gasteiger partial charge < -0.3 is 5.11 Å². The number of aryl methyl sites for hydroxylation is 2. The van der Waals surface area contributed by atoms with Crippen LogP contribution in [0.5, 0.6) is 0 Å². The van der Waals surface area contributed by atoms with Crippen LogP contribution in [0.4, 0.5) is 8.78 Å². The zero-order chi connectivity index (χ0) is 13.0. The SMILES string of the molecule is Cc1cc(C)c(C2(C(=O)O)CC2(F)F)c(Cl)n1. The van der Waals surface area contributed by atoms with E-state index in [1.54, 1.807) is 19.9 Å². The molecule has 92 valence electrons. The maximum absolute atomic E-state index is 13.4. The largest absolute Gasteiger partial charge is 0.480 e. The van der Waals surface area contributed by atoms with Crippen molar-refractivity contribution in [1.29, 1.82) is 0 Å². The van der Waals surface area contributed by atoms with Gasteiger partial charge in [0.05, 0.1) is 0 Å². The molecule has 1 N–H and O–H groups in total. The van der Waals surface area contributed by atoms with E-state index in [1.807, 2.05) is 0 Å².